The van der Waals surface area contributed by atoms with Crippen molar-refractivity contribution in [1.82, 2.24) is 0 Å². The van der Waals surface area contributed by atoms with Gasteiger partial charge in [0.2, 0.25) is 0 Å². The average molecular weight is 298 g/mol. The van der Waals surface area contributed by atoms with Gasteiger partial charge in [0.1, 0.15) is 5.82 Å². The van der Waals surface area contributed by atoms with Gasteiger partial charge in [0.15, 0.2) is 0 Å². The summed E-state index contributed by atoms with van der Waals surface area (Å²) in [5.41, 5.74) is 6.14. The molecule has 0 fully saturated rings. The van der Waals surface area contributed by atoms with Gasteiger partial charge in [-0.25, -0.2) is 4.39 Å². The van der Waals surface area contributed by atoms with Gasteiger partial charge in [-0.05, 0) is 60.1 Å². The van der Waals surface area contributed by atoms with Crippen LogP contribution in [-0.4, -0.2) is 0 Å². The van der Waals surface area contributed by atoms with Gasteiger partial charge in [0.25, 0.3) is 0 Å². The lowest BCUT2D eigenvalue weighted by atomic mass is 9.88. The molecule has 22 heavy (non-hydrogen) atoms. The molecule has 0 aliphatic heterocycles. The number of hydrogen-bond acceptors (Lipinski definition) is 0. The van der Waals surface area contributed by atoms with Crippen LogP contribution in [0.4, 0.5) is 4.39 Å². The van der Waals surface area contributed by atoms with Crippen molar-refractivity contribution in [2.45, 2.75) is 46.5 Å². The van der Waals surface area contributed by atoms with Crippen LogP contribution in [0.3, 0.4) is 0 Å². The molecule has 1 rings (SSSR count). The molecule has 0 amide bonds. The molecule has 0 N–H and O–H groups in total. The molecular formula is C21H27F. The van der Waals surface area contributed by atoms with E-state index in [-0.39, 0.29) is 11.7 Å². The van der Waals surface area contributed by atoms with E-state index in [1.165, 1.54) is 11.6 Å². The molecule has 0 bridgehead atoms. The quantitative estimate of drug-likeness (QED) is 0.484. The minimum atomic E-state index is -0.207. The zero-order chi connectivity index (χ0) is 16.9. The third-order valence-corrected chi connectivity index (χ3v) is 3.78. The Labute approximate surface area is 134 Å². The Hall–Kier alpha value is -1.89. The fourth-order valence-corrected chi connectivity index (χ4v) is 2.42. The van der Waals surface area contributed by atoms with Crippen LogP contribution in [-0.2, 0) is 0 Å². The predicted molar refractivity (Wildman–Crippen MR) is 96.5 cm³/mol. The smallest absolute Gasteiger partial charge is 0.123 e. The van der Waals surface area contributed by atoms with Gasteiger partial charge >= 0.3 is 0 Å². The summed E-state index contributed by atoms with van der Waals surface area (Å²) in [7, 11) is 0. The number of benzene rings is 1. The van der Waals surface area contributed by atoms with Crippen molar-refractivity contribution in [3.63, 3.8) is 0 Å². The molecule has 1 aromatic carbocycles. The number of halogens is 1. The van der Waals surface area contributed by atoms with Gasteiger partial charge in [0.05, 0.1) is 0 Å². The van der Waals surface area contributed by atoms with E-state index in [1.54, 1.807) is 6.07 Å². The summed E-state index contributed by atoms with van der Waals surface area (Å²) in [6.07, 6.45) is 3.81. The molecule has 0 radical (unpaired) electrons. The first-order chi connectivity index (χ1) is 10.3. The summed E-state index contributed by atoms with van der Waals surface area (Å²) in [6, 6.07) is 4.89. The van der Waals surface area contributed by atoms with Crippen molar-refractivity contribution in [3.8, 4) is 0 Å². The first-order valence-electron chi connectivity index (χ1n) is 7.78. The molecule has 0 saturated heterocycles. The Morgan fingerprint density at radius 3 is 2.41 bits per heavy atom. The van der Waals surface area contributed by atoms with Crippen LogP contribution in [0.15, 0.2) is 60.7 Å². The SMILES string of the molecule is C=C(/C=C(\C)CC(=C)C(=C)c1ccc(F)cc1C(C)C)CC. The summed E-state index contributed by atoms with van der Waals surface area (Å²) in [6.45, 7) is 20.6. The third-order valence-electron chi connectivity index (χ3n) is 3.78. The van der Waals surface area contributed by atoms with Crippen LogP contribution in [0, 0.1) is 5.82 Å². The summed E-state index contributed by atoms with van der Waals surface area (Å²) >= 11 is 0. The Bertz CT molecular complexity index is 615. The van der Waals surface area contributed by atoms with E-state index in [0.29, 0.717) is 0 Å². The fourth-order valence-electron chi connectivity index (χ4n) is 2.42. The maximum atomic E-state index is 13.5. The van der Waals surface area contributed by atoms with Gasteiger partial charge in [-0.1, -0.05) is 63.8 Å². The Balaban J connectivity index is 2.99. The molecule has 1 aromatic rings. The van der Waals surface area contributed by atoms with Crippen molar-refractivity contribution >= 4 is 5.57 Å². The van der Waals surface area contributed by atoms with Gasteiger partial charge in [-0.15, -0.1) is 0 Å². The predicted octanol–water partition coefficient (Wildman–Crippen LogP) is 6.82. The summed E-state index contributed by atoms with van der Waals surface area (Å²) in [4.78, 5) is 0. The molecule has 0 nitrogen and oxygen atoms in total. The van der Waals surface area contributed by atoms with E-state index in [2.05, 4.69) is 53.5 Å². The lowest BCUT2D eigenvalue weighted by Gasteiger charge is -2.17. The number of allylic oxidation sites excluding steroid dienone is 5. The molecule has 0 aromatic heterocycles. The molecule has 0 saturated carbocycles. The fraction of sp³-hybridized carbons (Fsp3) is 0.333. The zero-order valence-corrected chi connectivity index (χ0v) is 14.3. The first-order valence-corrected chi connectivity index (χ1v) is 7.78. The zero-order valence-electron chi connectivity index (χ0n) is 14.3. The highest BCUT2D eigenvalue weighted by atomic mass is 19.1. The monoisotopic (exact) mass is 298 g/mol. The minimum Gasteiger partial charge on any atom is -0.207 e. The molecule has 0 atom stereocenters. The lowest BCUT2D eigenvalue weighted by molar-refractivity contribution is 0.623. The van der Waals surface area contributed by atoms with Crippen molar-refractivity contribution < 1.29 is 4.39 Å². The van der Waals surface area contributed by atoms with Crippen LogP contribution in [0.25, 0.3) is 5.57 Å². The number of rotatable bonds is 7. The molecule has 1 heteroatoms. The highest BCUT2D eigenvalue weighted by molar-refractivity contribution is 5.79. The second-order valence-corrected chi connectivity index (χ2v) is 6.15. The van der Waals surface area contributed by atoms with E-state index >= 15 is 0 Å². The van der Waals surface area contributed by atoms with Gasteiger partial charge in [-0.2, -0.15) is 0 Å². The van der Waals surface area contributed by atoms with Gasteiger partial charge in [0, 0.05) is 0 Å². The highest BCUT2D eigenvalue weighted by Crippen LogP contribution is 2.31. The summed E-state index contributed by atoms with van der Waals surface area (Å²) < 4.78 is 13.5. The van der Waals surface area contributed by atoms with Gasteiger partial charge in [-0.3, -0.25) is 0 Å². The van der Waals surface area contributed by atoms with E-state index in [9.17, 15) is 4.39 Å². The topological polar surface area (TPSA) is 0 Å². The normalized spacial score (nSPS) is 11.6. The Kier molecular flexibility index (Phi) is 6.55. The van der Waals surface area contributed by atoms with Crippen molar-refractivity contribution in [2.75, 3.05) is 0 Å². The molecule has 0 heterocycles. The maximum absolute atomic E-state index is 13.5. The maximum Gasteiger partial charge on any atom is 0.123 e. The second-order valence-electron chi connectivity index (χ2n) is 6.15. The summed E-state index contributed by atoms with van der Waals surface area (Å²) in [5, 5.41) is 0. The Morgan fingerprint density at radius 1 is 1.23 bits per heavy atom. The molecular weight excluding hydrogens is 271 g/mol. The average Bonchev–Trinajstić information content (AvgIpc) is 2.45. The number of hydrogen-bond donors (Lipinski definition) is 0. The van der Waals surface area contributed by atoms with E-state index in [1.807, 2.05) is 6.07 Å². The molecule has 0 aliphatic carbocycles. The van der Waals surface area contributed by atoms with Crippen molar-refractivity contribution in [1.29, 1.82) is 0 Å². The lowest BCUT2D eigenvalue weighted by Crippen LogP contribution is -1.99. The highest BCUT2D eigenvalue weighted by Gasteiger charge is 2.13. The van der Waals surface area contributed by atoms with E-state index in [4.69, 9.17) is 0 Å². The Morgan fingerprint density at radius 2 is 1.86 bits per heavy atom. The summed E-state index contributed by atoms with van der Waals surface area (Å²) in [5.74, 6) is 0.0351. The van der Waals surface area contributed by atoms with Crippen LogP contribution in [0.2, 0.25) is 0 Å². The first kappa shape index (κ1) is 18.2. The van der Waals surface area contributed by atoms with Crippen molar-refractivity contribution in [3.05, 3.63) is 77.7 Å². The minimum absolute atomic E-state index is 0.207. The van der Waals surface area contributed by atoms with Crippen molar-refractivity contribution in [2.24, 2.45) is 0 Å². The molecule has 0 spiro atoms. The van der Waals surface area contributed by atoms with Crippen LogP contribution in [0.1, 0.15) is 57.6 Å². The van der Waals surface area contributed by atoms with Gasteiger partial charge < -0.3 is 0 Å². The van der Waals surface area contributed by atoms with Crippen LogP contribution < -0.4 is 0 Å². The van der Waals surface area contributed by atoms with E-state index < -0.39 is 0 Å². The molecule has 0 unspecified atom stereocenters. The third kappa shape index (κ3) is 4.84. The molecule has 118 valence electrons. The van der Waals surface area contributed by atoms with Crippen LogP contribution >= 0.6 is 0 Å². The largest absolute Gasteiger partial charge is 0.207 e. The standard InChI is InChI=1S/C21H27F/c1-8-15(4)11-16(5)12-17(6)18(7)20-10-9-19(22)13-21(20)14(2)3/h9-11,13-14H,4,6-8,12H2,1-3,5H3/b16-11+. The van der Waals surface area contributed by atoms with Crippen LogP contribution in [0.5, 0.6) is 0 Å². The second kappa shape index (κ2) is 7.93. The molecule has 0 aliphatic rings. The van der Waals surface area contributed by atoms with E-state index in [0.717, 1.165) is 40.7 Å².